The Kier molecular flexibility index (Phi) is 21.3. The lowest BCUT2D eigenvalue weighted by Crippen LogP contribution is -2.12. The first-order chi connectivity index (χ1) is 18.6. The summed E-state index contributed by atoms with van der Waals surface area (Å²) in [4.78, 5) is 0. The highest BCUT2D eigenvalue weighted by atomic mass is 16.6. The average molecular weight is 523 g/mol. The maximum absolute atomic E-state index is 5.97. The highest BCUT2D eigenvalue weighted by Crippen LogP contribution is 2.56. The van der Waals surface area contributed by atoms with Crippen molar-refractivity contribution in [2.75, 3.05) is 13.2 Å². The number of rotatable bonds is 11. The van der Waals surface area contributed by atoms with Crippen LogP contribution in [0, 0.1) is 11.8 Å². The number of benzene rings is 1. The third kappa shape index (κ3) is 13.0. The van der Waals surface area contributed by atoms with Crippen LogP contribution in [0.15, 0.2) is 90.8 Å². The first kappa shape index (κ1) is 35.7. The summed E-state index contributed by atoms with van der Waals surface area (Å²) < 4.78 is 11.2. The van der Waals surface area contributed by atoms with Crippen molar-refractivity contribution >= 4 is 0 Å². The fraction of sp³-hybridized carbons (Fsp3) is 0.556. The highest BCUT2D eigenvalue weighted by molar-refractivity contribution is 5.49. The number of allylic oxidation sites excluding steroid dienone is 8. The van der Waals surface area contributed by atoms with Crippen LogP contribution in [-0.2, 0) is 9.47 Å². The van der Waals surface area contributed by atoms with Gasteiger partial charge in [-0.2, -0.15) is 0 Å². The number of hydrogen-bond acceptors (Lipinski definition) is 2. The van der Waals surface area contributed by atoms with Gasteiger partial charge in [0.2, 0.25) is 0 Å². The molecule has 2 heteroatoms. The smallest absolute Gasteiger partial charge is 0.116 e. The molecule has 1 aromatic rings. The largest absolute Gasteiger partial charge is 0.495 e. The van der Waals surface area contributed by atoms with Gasteiger partial charge >= 0.3 is 0 Å². The van der Waals surface area contributed by atoms with Crippen molar-refractivity contribution in [1.29, 1.82) is 0 Å². The molecule has 1 aromatic carbocycles. The number of unbranched alkanes of at least 4 members (excludes halogenated alkanes) is 3. The van der Waals surface area contributed by atoms with Gasteiger partial charge in [0.25, 0.3) is 0 Å². The van der Waals surface area contributed by atoms with Crippen LogP contribution < -0.4 is 0 Å². The van der Waals surface area contributed by atoms with Gasteiger partial charge < -0.3 is 9.47 Å². The molecular formula is C36H58O2. The fourth-order valence-corrected chi connectivity index (χ4v) is 4.26. The molecule has 1 heterocycles. The second kappa shape index (κ2) is 22.6. The summed E-state index contributed by atoms with van der Waals surface area (Å²) in [6.45, 7) is 26.1. The zero-order valence-electron chi connectivity index (χ0n) is 26.0. The first-order valence-electron chi connectivity index (χ1n) is 15.3. The van der Waals surface area contributed by atoms with Crippen molar-refractivity contribution in [3.8, 4) is 0 Å². The van der Waals surface area contributed by atoms with E-state index in [0.717, 1.165) is 12.4 Å². The Bertz CT molecular complexity index is 822. The van der Waals surface area contributed by atoms with Gasteiger partial charge in [-0.1, -0.05) is 161 Å². The maximum atomic E-state index is 5.97. The molecule has 0 bridgehead atoms. The van der Waals surface area contributed by atoms with E-state index in [1.54, 1.807) is 0 Å². The van der Waals surface area contributed by atoms with Gasteiger partial charge in [-0.25, -0.2) is 0 Å². The molecule has 1 aliphatic heterocycles. The molecule has 0 aromatic heterocycles. The van der Waals surface area contributed by atoms with Gasteiger partial charge in [0.1, 0.15) is 12.7 Å². The van der Waals surface area contributed by atoms with Gasteiger partial charge in [0, 0.05) is 11.8 Å². The van der Waals surface area contributed by atoms with E-state index in [2.05, 4.69) is 89.4 Å². The molecule has 1 saturated carbocycles. The standard InChI is InChI=1S/C23H24O2.C6H14.C3H8.2C2H6/c1-3-8-16(4-2)23(17-9-6-5-7-10-17)19-11-12-22(21-13-20(19)21)25-15-18-14-24-18;1-3-5-6-4-2;1-3-2;2*1-2/h3-12,18,20-21,23H,1-2,13-15H2;3-6H2,1-2H3;3H2,1-2H3;2*1-2H3/b16-8+;;;;. The Balaban J connectivity index is 0.000000896. The highest BCUT2D eigenvalue weighted by Gasteiger charge is 2.47. The number of ether oxygens (including phenoxy) is 2. The van der Waals surface area contributed by atoms with E-state index >= 15 is 0 Å². The lowest BCUT2D eigenvalue weighted by atomic mass is 9.80. The van der Waals surface area contributed by atoms with Gasteiger partial charge in [0.15, 0.2) is 0 Å². The van der Waals surface area contributed by atoms with Crippen LogP contribution >= 0.6 is 0 Å². The molecule has 4 atom stereocenters. The molecule has 38 heavy (non-hydrogen) atoms. The van der Waals surface area contributed by atoms with Crippen molar-refractivity contribution < 1.29 is 9.47 Å². The fourth-order valence-electron chi connectivity index (χ4n) is 4.26. The van der Waals surface area contributed by atoms with Crippen LogP contribution in [0.5, 0.6) is 0 Å². The zero-order chi connectivity index (χ0) is 28.8. The summed E-state index contributed by atoms with van der Waals surface area (Å²) in [7, 11) is 0. The normalized spacial score (nSPS) is 20.7. The molecule has 2 fully saturated rings. The molecule has 2 nitrogen and oxygen atoms in total. The Labute approximate surface area is 236 Å². The summed E-state index contributed by atoms with van der Waals surface area (Å²) in [6, 6.07) is 10.7. The summed E-state index contributed by atoms with van der Waals surface area (Å²) in [5.41, 5.74) is 3.96. The summed E-state index contributed by atoms with van der Waals surface area (Å²) in [5.74, 6) is 2.46. The number of hydrogen-bond donors (Lipinski definition) is 0. The van der Waals surface area contributed by atoms with Crippen LogP contribution in [0.3, 0.4) is 0 Å². The average Bonchev–Trinajstić information content (AvgIpc) is 3.90. The van der Waals surface area contributed by atoms with Gasteiger partial charge in [-0.05, 0) is 29.6 Å². The molecule has 4 rings (SSSR count). The minimum absolute atomic E-state index is 0.233. The zero-order valence-corrected chi connectivity index (χ0v) is 26.0. The van der Waals surface area contributed by atoms with E-state index in [9.17, 15) is 0 Å². The van der Waals surface area contributed by atoms with Crippen LogP contribution in [0.25, 0.3) is 0 Å². The molecular weight excluding hydrogens is 464 g/mol. The Morgan fingerprint density at radius 3 is 2.00 bits per heavy atom. The second-order valence-corrected chi connectivity index (χ2v) is 9.32. The minimum Gasteiger partial charge on any atom is -0.495 e. The van der Waals surface area contributed by atoms with Crippen molar-refractivity contribution in [2.24, 2.45) is 11.8 Å². The van der Waals surface area contributed by atoms with Crippen molar-refractivity contribution in [3.63, 3.8) is 0 Å². The third-order valence-corrected chi connectivity index (χ3v) is 6.17. The Morgan fingerprint density at radius 2 is 1.53 bits per heavy atom. The number of epoxide rings is 1. The van der Waals surface area contributed by atoms with E-state index in [1.165, 1.54) is 55.2 Å². The van der Waals surface area contributed by atoms with E-state index in [0.29, 0.717) is 24.5 Å². The Hall–Kier alpha value is -2.32. The SMILES string of the molecule is C=C/C=C(\C=C)C(C1=CC=C(OCC2CO2)C2CC12)c1ccccc1.CC.CC.CCC.CCCCCC. The molecule has 1 saturated heterocycles. The minimum atomic E-state index is 0.233. The van der Waals surface area contributed by atoms with E-state index in [1.807, 2.05) is 39.8 Å². The lowest BCUT2D eigenvalue weighted by Gasteiger charge is -2.25. The molecule has 0 amide bonds. The predicted octanol–water partition coefficient (Wildman–Crippen LogP) is 11.0. The second-order valence-electron chi connectivity index (χ2n) is 9.32. The van der Waals surface area contributed by atoms with Gasteiger partial charge in [0.05, 0.1) is 12.4 Å². The summed E-state index contributed by atoms with van der Waals surface area (Å²) in [6.07, 6.45) is 18.6. The van der Waals surface area contributed by atoms with Crippen molar-refractivity contribution in [2.45, 2.75) is 106 Å². The van der Waals surface area contributed by atoms with Gasteiger partial charge in [-0.15, -0.1) is 0 Å². The predicted molar refractivity (Wildman–Crippen MR) is 170 cm³/mol. The topological polar surface area (TPSA) is 21.8 Å². The molecule has 4 unspecified atom stereocenters. The van der Waals surface area contributed by atoms with E-state index < -0.39 is 0 Å². The van der Waals surface area contributed by atoms with Gasteiger partial charge in [-0.3, -0.25) is 0 Å². The van der Waals surface area contributed by atoms with Crippen LogP contribution in [0.4, 0.5) is 0 Å². The molecule has 0 spiro atoms. The first-order valence-corrected chi connectivity index (χ1v) is 15.3. The third-order valence-electron chi connectivity index (χ3n) is 6.17. The summed E-state index contributed by atoms with van der Waals surface area (Å²) >= 11 is 0. The summed E-state index contributed by atoms with van der Waals surface area (Å²) in [5, 5.41) is 0. The van der Waals surface area contributed by atoms with E-state index in [-0.39, 0.29) is 5.92 Å². The molecule has 0 radical (unpaired) electrons. The quantitative estimate of drug-likeness (QED) is 0.164. The monoisotopic (exact) mass is 522 g/mol. The number of fused-ring (bicyclic) bond motifs is 1. The van der Waals surface area contributed by atoms with Crippen LogP contribution in [-0.4, -0.2) is 19.3 Å². The Morgan fingerprint density at radius 1 is 0.947 bits per heavy atom. The van der Waals surface area contributed by atoms with Crippen molar-refractivity contribution in [1.82, 2.24) is 0 Å². The molecule has 3 aliphatic rings. The molecule has 214 valence electrons. The van der Waals surface area contributed by atoms with Crippen LogP contribution in [0.2, 0.25) is 0 Å². The maximum Gasteiger partial charge on any atom is 0.116 e. The van der Waals surface area contributed by atoms with Crippen molar-refractivity contribution in [3.05, 3.63) is 96.3 Å². The van der Waals surface area contributed by atoms with Crippen LogP contribution in [0.1, 0.15) is 105 Å². The van der Waals surface area contributed by atoms with E-state index in [4.69, 9.17) is 9.47 Å². The molecule has 0 N–H and O–H groups in total. The lowest BCUT2D eigenvalue weighted by molar-refractivity contribution is 0.168. The molecule has 2 aliphatic carbocycles.